The lowest BCUT2D eigenvalue weighted by molar-refractivity contribution is -0.118. The van der Waals surface area contributed by atoms with Gasteiger partial charge in [-0.15, -0.1) is 0 Å². The standard InChI is InChI=1S/C11H11Cl2N3OS/c12-6-4-8-9(5-7(6)13)16(11(18)15-8)3-1-2-10(14)17/h4-5H,1-3H2,(H2,14,17)(H,15,18). The van der Waals surface area contributed by atoms with Gasteiger partial charge in [-0.1, -0.05) is 23.2 Å². The van der Waals surface area contributed by atoms with Crippen LogP contribution in [0.5, 0.6) is 0 Å². The number of benzene rings is 1. The van der Waals surface area contributed by atoms with Crippen molar-refractivity contribution < 1.29 is 4.79 Å². The Kier molecular flexibility index (Phi) is 3.94. The van der Waals surface area contributed by atoms with Gasteiger partial charge in [0.15, 0.2) is 4.77 Å². The number of nitrogens with zero attached hydrogens (tertiary/aromatic N) is 1. The number of hydrogen-bond donors (Lipinski definition) is 2. The molecule has 96 valence electrons. The summed E-state index contributed by atoms with van der Waals surface area (Å²) in [4.78, 5) is 13.8. The van der Waals surface area contributed by atoms with Crippen molar-refractivity contribution in [3.8, 4) is 0 Å². The van der Waals surface area contributed by atoms with Crippen molar-refractivity contribution in [2.45, 2.75) is 19.4 Å². The van der Waals surface area contributed by atoms with E-state index in [1.807, 2.05) is 4.57 Å². The molecule has 3 N–H and O–H groups in total. The van der Waals surface area contributed by atoms with E-state index in [0.717, 1.165) is 11.0 Å². The maximum absolute atomic E-state index is 10.7. The molecule has 1 heterocycles. The minimum absolute atomic E-state index is 0.317. The van der Waals surface area contributed by atoms with Gasteiger partial charge in [-0.25, -0.2) is 0 Å². The number of imidazole rings is 1. The molecule has 0 aliphatic rings. The van der Waals surface area contributed by atoms with Crippen molar-refractivity contribution in [1.29, 1.82) is 0 Å². The number of nitrogens with one attached hydrogen (secondary N) is 1. The van der Waals surface area contributed by atoms with E-state index < -0.39 is 0 Å². The summed E-state index contributed by atoms with van der Waals surface area (Å²) in [5.41, 5.74) is 6.81. The number of amides is 1. The van der Waals surface area contributed by atoms with Crippen LogP contribution in [0.15, 0.2) is 12.1 Å². The molecule has 1 aromatic carbocycles. The van der Waals surface area contributed by atoms with Crippen LogP contribution in [0.3, 0.4) is 0 Å². The number of aryl methyl sites for hydroxylation is 1. The van der Waals surface area contributed by atoms with Gasteiger partial charge in [0.05, 0.1) is 21.1 Å². The fraction of sp³-hybridized carbons (Fsp3) is 0.273. The zero-order valence-corrected chi connectivity index (χ0v) is 11.7. The number of nitrogens with two attached hydrogens (primary N) is 1. The lowest BCUT2D eigenvalue weighted by Gasteiger charge is -2.04. The van der Waals surface area contributed by atoms with Crippen LogP contribution in [0.1, 0.15) is 12.8 Å². The number of fused-ring (bicyclic) bond motifs is 1. The Bertz CT molecular complexity index is 662. The monoisotopic (exact) mass is 303 g/mol. The predicted octanol–water partition coefficient (Wildman–Crippen LogP) is 3.27. The van der Waals surface area contributed by atoms with Crippen molar-refractivity contribution >= 4 is 52.4 Å². The quantitative estimate of drug-likeness (QED) is 0.851. The fourth-order valence-electron chi connectivity index (χ4n) is 1.79. The molecule has 0 unspecified atom stereocenters. The molecule has 0 aliphatic carbocycles. The molecule has 2 rings (SSSR count). The minimum atomic E-state index is -0.317. The van der Waals surface area contributed by atoms with Crippen LogP contribution >= 0.6 is 35.4 Å². The van der Waals surface area contributed by atoms with Crippen LogP contribution in [0.2, 0.25) is 10.0 Å². The largest absolute Gasteiger partial charge is 0.370 e. The molecular formula is C11H11Cl2N3OS. The lowest BCUT2D eigenvalue weighted by atomic mass is 10.3. The lowest BCUT2D eigenvalue weighted by Crippen LogP contribution is -2.11. The number of carbonyl (C=O) groups excluding carboxylic acids is 1. The Balaban J connectivity index is 2.37. The van der Waals surface area contributed by atoms with E-state index in [1.165, 1.54) is 0 Å². The summed E-state index contributed by atoms with van der Waals surface area (Å²) in [6.07, 6.45) is 0.965. The van der Waals surface area contributed by atoms with Gasteiger partial charge in [-0.3, -0.25) is 4.79 Å². The van der Waals surface area contributed by atoms with Crippen LogP contribution in [0.4, 0.5) is 0 Å². The molecule has 2 aromatic rings. The Labute approximate surface area is 119 Å². The first-order valence-electron chi connectivity index (χ1n) is 5.35. The van der Waals surface area contributed by atoms with Crippen molar-refractivity contribution in [1.82, 2.24) is 9.55 Å². The number of aromatic nitrogens is 2. The van der Waals surface area contributed by atoms with Gasteiger partial charge in [0.1, 0.15) is 0 Å². The van der Waals surface area contributed by atoms with Gasteiger partial charge in [-0.2, -0.15) is 0 Å². The molecular weight excluding hydrogens is 293 g/mol. The second-order valence-corrected chi connectivity index (χ2v) is 5.14. The van der Waals surface area contributed by atoms with Crippen LogP contribution in [-0.4, -0.2) is 15.5 Å². The first-order valence-corrected chi connectivity index (χ1v) is 6.51. The summed E-state index contributed by atoms with van der Waals surface area (Å²) in [6, 6.07) is 3.50. The zero-order chi connectivity index (χ0) is 13.3. The van der Waals surface area contributed by atoms with Gasteiger partial charge in [0.25, 0.3) is 0 Å². The number of primary amides is 1. The van der Waals surface area contributed by atoms with Crippen molar-refractivity contribution in [3.63, 3.8) is 0 Å². The molecule has 0 atom stereocenters. The molecule has 0 radical (unpaired) electrons. The van der Waals surface area contributed by atoms with Gasteiger partial charge >= 0.3 is 0 Å². The smallest absolute Gasteiger partial charge is 0.217 e. The Morgan fingerprint density at radius 3 is 2.72 bits per heavy atom. The topological polar surface area (TPSA) is 63.8 Å². The average molecular weight is 304 g/mol. The van der Waals surface area contributed by atoms with E-state index in [4.69, 9.17) is 41.2 Å². The summed E-state index contributed by atoms with van der Waals surface area (Å²) in [7, 11) is 0. The highest BCUT2D eigenvalue weighted by molar-refractivity contribution is 7.71. The van der Waals surface area contributed by atoms with Crippen molar-refractivity contribution in [3.05, 3.63) is 26.9 Å². The van der Waals surface area contributed by atoms with Gasteiger partial charge < -0.3 is 15.3 Å². The molecule has 7 heteroatoms. The highest BCUT2D eigenvalue weighted by atomic mass is 35.5. The molecule has 0 saturated heterocycles. The average Bonchev–Trinajstić information content (AvgIpc) is 2.56. The van der Waals surface area contributed by atoms with E-state index in [-0.39, 0.29) is 5.91 Å². The first-order chi connectivity index (χ1) is 8.49. The molecule has 0 saturated carbocycles. The molecule has 1 amide bonds. The summed E-state index contributed by atoms with van der Waals surface area (Å²) in [5.74, 6) is -0.317. The zero-order valence-electron chi connectivity index (χ0n) is 9.37. The van der Waals surface area contributed by atoms with Crippen molar-refractivity contribution in [2.75, 3.05) is 0 Å². The molecule has 0 spiro atoms. The van der Waals surface area contributed by atoms with Gasteiger partial charge in [0, 0.05) is 13.0 Å². The number of H-pyrrole nitrogens is 1. The van der Waals surface area contributed by atoms with Crippen LogP contribution in [0.25, 0.3) is 11.0 Å². The predicted molar refractivity (Wildman–Crippen MR) is 75.6 cm³/mol. The molecule has 0 bridgehead atoms. The molecule has 0 aliphatic heterocycles. The Morgan fingerprint density at radius 2 is 2.06 bits per heavy atom. The summed E-state index contributed by atoms with van der Waals surface area (Å²) in [6.45, 7) is 0.611. The summed E-state index contributed by atoms with van der Waals surface area (Å²) >= 11 is 17.1. The third kappa shape index (κ3) is 2.68. The summed E-state index contributed by atoms with van der Waals surface area (Å²) < 4.78 is 2.46. The number of hydrogen-bond acceptors (Lipinski definition) is 2. The maximum atomic E-state index is 10.7. The van der Waals surface area contributed by atoms with E-state index in [0.29, 0.717) is 34.2 Å². The first kappa shape index (κ1) is 13.4. The number of carbonyl (C=O) groups is 1. The van der Waals surface area contributed by atoms with Crippen LogP contribution in [-0.2, 0) is 11.3 Å². The number of rotatable bonds is 4. The third-order valence-corrected chi connectivity index (χ3v) is 3.67. The van der Waals surface area contributed by atoms with Gasteiger partial charge in [-0.05, 0) is 30.8 Å². The maximum Gasteiger partial charge on any atom is 0.217 e. The van der Waals surface area contributed by atoms with Crippen molar-refractivity contribution in [2.24, 2.45) is 5.73 Å². The van der Waals surface area contributed by atoms with E-state index in [2.05, 4.69) is 4.98 Å². The molecule has 18 heavy (non-hydrogen) atoms. The summed E-state index contributed by atoms with van der Waals surface area (Å²) in [5, 5.41) is 0.950. The Hall–Kier alpha value is -1.04. The second kappa shape index (κ2) is 5.30. The molecule has 4 nitrogen and oxygen atoms in total. The highest BCUT2D eigenvalue weighted by Gasteiger charge is 2.08. The van der Waals surface area contributed by atoms with E-state index in [9.17, 15) is 4.79 Å². The van der Waals surface area contributed by atoms with E-state index >= 15 is 0 Å². The molecule has 0 fully saturated rings. The van der Waals surface area contributed by atoms with Crippen LogP contribution < -0.4 is 5.73 Å². The third-order valence-electron chi connectivity index (χ3n) is 2.62. The molecule has 1 aromatic heterocycles. The number of aromatic amines is 1. The normalized spacial score (nSPS) is 11.0. The highest BCUT2D eigenvalue weighted by Crippen LogP contribution is 2.27. The van der Waals surface area contributed by atoms with E-state index in [1.54, 1.807) is 12.1 Å². The Morgan fingerprint density at radius 1 is 1.39 bits per heavy atom. The fourth-order valence-corrected chi connectivity index (χ4v) is 2.41. The minimum Gasteiger partial charge on any atom is -0.370 e. The second-order valence-electron chi connectivity index (χ2n) is 3.94. The van der Waals surface area contributed by atoms with Crippen LogP contribution in [0, 0.1) is 4.77 Å². The van der Waals surface area contributed by atoms with Gasteiger partial charge in [0.2, 0.25) is 5.91 Å². The number of halogens is 2. The SMILES string of the molecule is NC(=O)CCCn1c(=S)[nH]c2cc(Cl)c(Cl)cc21.